The number of likely N-dealkylation sites (tertiary alicyclic amines) is 1. The Hall–Kier alpha value is -3.52. The van der Waals surface area contributed by atoms with Crippen LogP contribution >= 0.6 is 0 Å². The van der Waals surface area contributed by atoms with Crippen LogP contribution in [0.15, 0.2) is 30.5 Å². The van der Waals surface area contributed by atoms with Gasteiger partial charge in [-0.05, 0) is 23.8 Å². The molecular formula is C23H24F4N8O2. The summed E-state index contributed by atoms with van der Waals surface area (Å²) in [4.78, 5) is 6.10. The number of alkyl halides is 4. The number of hydrogen-bond donors (Lipinski definition) is 1. The Balaban J connectivity index is 1.31. The van der Waals surface area contributed by atoms with Crippen LogP contribution in [0, 0.1) is 0 Å². The minimum atomic E-state index is -2.96. The number of benzene rings is 1. The zero-order valence-corrected chi connectivity index (χ0v) is 19.8. The van der Waals surface area contributed by atoms with E-state index in [-0.39, 0.29) is 43.9 Å². The highest BCUT2D eigenvalue weighted by Crippen LogP contribution is 2.35. The third-order valence-corrected chi connectivity index (χ3v) is 6.84. The van der Waals surface area contributed by atoms with E-state index in [4.69, 9.17) is 9.47 Å². The van der Waals surface area contributed by atoms with E-state index in [0.717, 1.165) is 5.56 Å². The second-order valence-corrected chi connectivity index (χ2v) is 9.24. The van der Waals surface area contributed by atoms with Crippen molar-refractivity contribution >= 4 is 22.5 Å². The maximum Gasteiger partial charge on any atom is 0.281 e. The monoisotopic (exact) mass is 520 g/mol. The van der Waals surface area contributed by atoms with E-state index in [1.54, 1.807) is 29.3 Å². The highest BCUT2D eigenvalue weighted by atomic mass is 19.3. The number of ether oxygens (including phenoxy) is 2. The molecule has 0 saturated carbocycles. The van der Waals surface area contributed by atoms with Crippen LogP contribution in [0.3, 0.4) is 0 Å². The van der Waals surface area contributed by atoms with E-state index in [1.807, 2.05) is 6.07 Å². The maximum atomic E-state index is 14.7. The van der Waals surface area contributed by atoms with E-state index in [1.165, 1.54) is 16.3 Å². The SMILES string of the molecule is COc1nc(NC2CN(C3COC3)CC2(F)F)nn2ccc(-c3ccc4nnn(CCC(F)F)c4c3)c12. The predicted molar refractivity (Wildman–Crippen MR) is 125 cm³/mol. The molecule has 1 unspecified atom stereocenters. The van der Waals surface area contributed by atoms with Crippen molar-refractivity contribution in [2.45, 2.75) is 37.4 Å². The molecule has 0 spiro atoms. The molecule has 2 fully saturated rings. The first-order valence-electron chi connectivity index (χ1n) is 11.8. The van der Waals surface area contributed by atoms with E-state index >= 15 is 0 Å². The quantitative estimate of drug-likeness (QED) is 0.355. The Bertz CT molecular complexity index is 1440. The molecule has 14 heteroatoms. The molecule has 2 aliphatic heterocycles. The molecule has 4 aromatic rings. The van der Waals surface area contributed by atoms with Crippen molar-refractivity contribution in [2.75, 3.05) is 38.7 Å². The van der Waals surface area contributed by atoms with Crippen LogP contribution in [0.25, 0.3) is 27.7 Å². The molecule has 196 valence electrons. The van der Waals surface area contributed by atoms with Gasteiger partial charge in [-0.25, -0.2) is 26.8 Å². The Labute approximate surface area is 208 Å². The maximum absolute atomic E-state index is 14.7. The standard InChI is InChI=1S/C23H24F4N8O2/c1-36-21-20-15(13-2-3-16-17(8-13)34(32-30-16)7-5-19(24)25)4-6-35(20)31-22(29-21)28-18-9-33(12-23(18,26)27)14-10-37-11-14/h2-4,6,8,14,18-19H,5,7,9-12H2,1H3,(H,28,31). The number of hydrogen-bond acceptors (Lipinski definition) is 8. The topological polar surface area (TPSA) is 94.6 Å². The van der Waals surface area contributed by atoms with E-state index in [9.17, 15) is 17.6 Å². The van der Waals surface area contributed by atoms with Gasteiger partial charge in [0.2, 0.25) is 18.3 Å². The van der Waals surface area contributed by atoms with Gasteiger partial charge in [-0.2, -0.15) is 4.98 Å². The number of fused-ring (bicyclic) bond motifs is 2. The molecule has 2 aliphatic rings. The van der Waals surface area contributed by atoms with E-state index < -0.39 is 18.4 Å². The smallest absolute Gasteiger partial charge is 0.281 e. The van der Waals surface area contributed by atoms with Gasteiger partial charge < -0.3 is 14.8 Å². The second-order valence-electron chi connectivity index (χ2n) is 9.24. The number of rotatable bonds is 8. The lowest BCUT2D eigenvalue weighted by Gasteiger charge is -2.34. The molecule has 1 aromatic carbocycles. The highest BCUT2D eigenvalue weighted by molar-refractivity contribution is 5.89. The number of aryl methyl sites for hydroxylation is 1. The lowest BCUT2D eigenvalue weighted by atomic mass is 10.1. The number of nitrogens with one attached hydrogen (secondary N) is 1. The summed E-state index contributed by atoms with van der Waals surface area (Å²) in [6, 6.07) is 6.03. The summed E-state index contributed by atoms with van der Waals surface area (Å²) < 4.78 is 68.5. The van der Waals surface area contributed by atoms with Gasteiger partial charge in [0.15, 0.2) is 0 Å². The second kappa shape index (κ2) is 9.10. The van der Waals surface area contributed by atoms with Crippen LogP contribution < -0.4 is 10.1 Å². The minimum absolute atomic E-state index is 0.00170. The largest absolute Gasteiger partial charge is 0.479 e. The summed E-state index contributed by atoms with van der Waals surface area (Å²) in [7, 11) is 1.44. The average Bonchev–Trinajstić information content (AvgIpc) is 3.51. The lowest BCUT2D eigenvalue weighted by molar-refractivity contribution is -0.0711. The Kier molecular flexibility index (Phi) is 5.87. The van der Waals surface area contributed by atoms with Crippen molar-refractivity contribution in [1.82, 2.24) is 34.5 Å². The van der Waals surface area contributed by atoms with Crippen molar-refractivity contribution in [3.63, 3.8) is 0 Å². The molecular weight excluding hydrogens is 496 g/mol. The fourth-order valence-corrected chi connectivity index (χ4v) is 4.78. The number of nitrogens with zero attached hydrogens (tertiary/aromatic N) is 7. The highest BCUT2D eigenvalue weighted by Gasteiger charge is 2.51. The van der Waals surface area contributed by atoms with Crippen molar-refractivity contribution in [2.24, 2.45) is 0 Å². The van der Waals surface area contributed by atoms with Crippen LogP contribution in [0.5, 0.6) is 5.88 Å². The van der Waals surface area contributed by atoms with Crippen molar-refractivity contribution in [3.05, 3.63) is 30.5 Å². The predicted octanol–water partition coefficient (Wildman–Crippen LogP) is 2.94. The van der Waals surface area contributed by atoms with Crippen LogP contribution in [0.1, 0.15) is 6.42 Å². The molecule has 0 aliphatic carbocycles. The molecule has 2 saturated heterocycles. The molecule has 0 amide bonds. The van der Waals surface area contributed by atoms with E-state index in [2.05, 4.69) is 25.7 Å². The molecule has 6 rings (SSSR count). The van der Waals surface area contributed by atoms with Crippen molar-refractivity contribution in [3.8, 4) is 17.0 Å². The Morgan fingerprint density at radius 1 is 1.24 bits per heavy atom. The van der Waals surface area contributed by atoms with E-state index in [0.29, 0.717) is 35.3 Å². The molecule has 37 heavy (non-hydrogen) atoms. The fraction of sp³-hybridized carbons (Fsp3) is 0.478. The van der Waals surface area contributed by atoms with Gasteiger partial charge in [0.05, 0.1) is 38.4 Å². The third-order valence-electron chi connectivity index (χ3n) is 6.84. The summed E-state index contributed by atoms with van der Waals surface area (Å²) in [6.07, 6.45) is -1.09. The van der Waals surface area contributed by atoms with Crippen molar-refractivity contribution < 1.29 is 27.0 Å². The Morgan fingerprint density at radius 2 is 2.08 bits per heavy atom. The van der Waals surface area contributed by atoms with Crippen LogP contribution in [-0.2, 0) is 11.3 Å². The Morgan fingerprint density at radius 3 is 2.81 bits per heavy atom. The van der Waals surface area contributed by atoms with Crippen LogP contribution in [0.4, 0.5) is 23.5 Å². The summed E-state index contributed by atoms with van der Waals surface area (Å²) in [6.45, 7) is 0.749. The number of halogens is 4. The molecule has 3 aromatic heterocycles. The zero-order chi connectivity index (χ0) is 25.7. The van der Waals surface area contributed by atoms with Crippen LogP contribution in [-0.4, -0.2) is 92.3 Å². The van der Waals surface area contributed by atoms with Gasteiger partial charge >= 0.3 is 0 Å². The number of anilines is 1. The normalized spacial score (nSPS) is 20.2. The third kappa shape index (κ3) is 4.33. The average molecular weight is 520 g/mol. The lowest BCUT2D eigenvalue weighted by Crippen LogP contribution is -2.48. The van der Waals surface area contributed by atoms with Gasteiger partial charge in [-0.15, -0.1) is 10.2 Å². The van der Waals surface area contributed by atoms with Crippen molar-refractivity contribution in [1.29, 1.82) is 0 Å². The first kappa shape index (κ1) is 23.9. The molecule has 10 nitrogen and oxygen atoms in total. The molecule has 0 radical (unpaired) electrons. The molecule has 5 heterocycles. The van der Waals surface area contributed by atoms with Gasteiger partial charge in [0, 0.05) is 31.3 Å². The van der Waals surface area contributed by atoms with Gasteiger partial charge in [0.1, 0.15) is 17.1 Å². The summed E-state index contributed by atoms with van der Waals surface area (Å²) >= 11 is 0. The number of methoxy groups -OCH3 is 1. The summed E-state index contributed by atoms with van der Waals surface area (Å²) in [5, 5.41) is 15.2. The number of aromatic nitrogens is 6. The van der Waals surface area contributed by atoms with Crippen LogP contribution in [0.2, 0.25) is 0 Å². The fourth-order valence-electron chi connectivity index (χ4n) is 4.78. The van der Waals surface area contributed by atoms with Gasteiger partial charge in [-0.1, -0.05) is 11.3 Å². The van der Waals surface area contributed by atoms with Gasteiger partial charge in [-0.3, -0.25) is 4.90 Å². The summed E-state index contributed by atoms with van der Waals surface area (Å²) in [5.74, 6) is -2.74. The molecule has 1 N–H and O–H groups in total. The minimum Gasteiger partial charge on any atom is -0.479 e. The zero-order valence-electron chi connectivity index (χ0n) is 19.8. The first-order valence-corrected chi connectivity index (χ1v) is 11.8. The first-order chi connectivity index (χ1) is 17.8. The molecule has 0 bridgehead atoms. The molecule has 1 atom stereocenters. The summed E-state index contributed by atoms with van der Waals surface area (Å²) in [5.41, 5.74) is 3.19. The van der Waals surface area contributed by atoms with Gasteiger partial charge in [0.25, 0.3) is 5.92 Å².